The van der Waals surface area contributed by atoms with Crippen LogP contribution in [0.2, 0.25) is 0 Å². The maximum atomic E-state index is 13.1. The highest BCUT2D eigenvalue weighted by Gasteiger charge is 2.20. The van der Waals surface area contributed by atoms with Crippen molar-refractivity contribution in [3.63, 3.8) is 0 Å². The van der Waals surface area contributed by atoms with Crippen LogP contribution in [0.5, 0.6) is 0 Å². The minimum Gasteiger partial charge on any atom is -0.383 e. The number of nitrogens with one attached hydrogen (secondary N) is 2. The molecule has 10 heteroatoms. The molecule has 2 aromatic heterocycles. The van der Waals surface area contributed by atoms with Gasteiger partial charge in [-0.1, -0.05) is 6.07 Å². The first kappa shape index (κ1) is 23.3. The van der Waals surface area contributed by atoms with E-state index in [9.17, 15) is 14.0 Å². The highest BCUT2D eigenvalue weighted by Crippen LogP contribution is 2.22. The Bertz CT molecular complexity index is 1010. The van der Waals surface area contributed by atoms with E-state index in [1.807, 2.05) is 18.2 Å². The second kappa shape index (κ2) is 11.9. The van der Waals surface area contributed by atoms with E-state index in [-0.39, 0.29) is 36.3 Å². The molecular weight excluding hydrogens is 433 g/mol. The Morgan fingerprint density at radius 2 is 1.97 bits per heavy atom. The smallest absolute Gasteiger partial charge is 0.273 e. The van der Waals surface area contributed by atoms with Gasteiger partial charge in [0.1, 0.15) is 11.5 Å². The molecule has 1 aromatic carbocycles. The van der Waals surface area contributed by atoms with Crippen molar-refractivity contribution in [3.05, 3.63) is 71.2 Å². The molecule has 2 amide bonds. The van der Waals surface area contributed by atoms with E-state index in [4.69, 9.17) is 4.74 Å². The van der Waals surface area contributed by atoms with Crippen molar-refractivity contribution >= 4 is 34.0 Å². The predicted molar refractivity (Wildman–Crippen MR) is 120 cm³/mol. The molecule has 3 aromatic rings. The first-order valence-electron chi connectivity index (χ1n) is 9.98. The quantitative estimate of drug-likeness (QED) is 0.459. The van der Waals surface area contributed by atoms with Crippen molar-refractivity contribution in [1.82, 2.24) is 20.2 Å². The third-order valence-electron chi connectivity index (χ3n) is 4.47. The van der Waals surface area contributed by atoms with Crippen LogP contribution in [0, 0.1) is 5.82 Å². The fourth-order valence-electron chi connectivity index (χ4n) is 2.78. The normalized spacial score (nSPS) is 10.6. The van der Waals surface area contributed by atoms with Gasteiger partial charge in [0, 0.05) is 43.9 Å². The molecule has 0 aliphatic rings. The summed E-state index contributed by atoms with van der Waals surface area (Å²) < 4.78 is 18.2. The molecule has 0 saturated heterocycles. The van der Waals surface area contributed by atoms with E-state index in [0.29, 0.717) is 30.5 Å². The lowest BCUT2D eigenvalue weighted by Crippen LogP contribution is -2.37. The molecule has 0 radical (unpaired) electrons. The molecule has 32 heavy (non-hydrogen) atoms. The van der Waals surface area contributed by atoms with E-state index in [0.717, 1.165) is 5.69 Å². The Morgan fingerprint density at radius 1 is 1.16 bits per heavy atom. The molecule has 0 aliphatic heterocycles. The number of halogens is 1. The number of aromatic nitrogens is 2. The standard InChI is InChI=1S/C22H24FN5O3S/c1-31-13-12-28(11-9-20(29)25-14-18-4-2-3-10-24-18)21(30)19-15-32-22(27-19)26-17-7-5-16(23)6-8-17/h2-8,10,15H,9,11-14H2,1H3,(H,25,29)(H,26,27). The summed E-state index contributed by atoms with van der Waals surface area (Å²) in [7, 11) is 1.55. The molecule has 3 rings (SSSR count). The Hall–Kier alpha value is -3.37. The number of thiazole rings is 1. The van der Waals surface area contributed by atoms with Crippen molar-refractivity contribution in [2.24, 2.45) is 0 Å². The fourth-order valence-corrected chi connectivity index (χ4v) is 3.49. The van der Waals surface area contributed by atoms with Gasteiger partial charge >= 0.3 is 0 Å². The second-order valence-electron chi connectivity index (χ2n) is 6.80. The number of benzene rings is 1. The van der Waals surface area contributed by atoms with E-state index >= 15 is 0 Å². The lowest BCUT2D eigenvalue weighted by Gasteiger charge is -2.21. The fraction of sp³-hybridized carbons (Fsp3) is 0.273. The van der Waals surface area contributed by atoms with Crippen LogP contribution in [0.15, 0.2) is 54.0 Å². The molecule has 8 nitrogen and oxygen atoms in total. The number of amides is 2. The first-order chi connectivity index (χ1) is 15.5. The summed E-state index contributed by atoms with van der Waals surface area (Å²) >= 11 is 1.27. The maximum absolute atomic E-state index is 13.1. The molecule has 0 aliphatic carbocycles. The Kier molecular flexibility index (Phi) is 8.64. The zero-order valence-corrected chi connectivity index (χ0v) is 18.4. The third-order valence-corrected chi connectivity index (χ3v) is 5.23. The Morgan fingerprint density at radius 3 is 2.69 bits per heavy atom. The summed E-state index contributed by atoms with van der Waals surface area (Å²) in [5.41, 5.74) is 1.70. The Balaban J connectivity index is 1.56. The zero-order chi connectivity index (χ0) is 22.8. The van der Waals surface area contributed by atoms with Crippen molar-refractivity contribution in [2.45, 2.75) is 13.0 Å². The molecule has 0 spiro atoms. The van der Waals surface area contributed by atoms with E-state index in [2.05, 4.69) is 20.6 Å². The van der Waals surface area contributed by atoms with Gasteiger partial charge in [0.15, 0.2) is 5.13 Å². The van der Waals surface area contributed by atoms with Gasteiger partial charge in [0.2, 0.25) is 5.91 Å². The number of carbonyl (C=O) groups excluding carboxylic acids is 2. The minimum absolute atomic E-state index is 0.146. The van der Waals surface area contributed by atoms with Gasteiger partial charge in [-0.05, 0) is 36.4 Å². The highest BCUT2D eigenvalue weighted by molar-refractivity contribution is 7.14. The number of anilines is 2. The third kappa shape index (κ3) is 7.10. The van der Waals surface area contributed by atoms with Crippen LogP contribution in [-0.2, 0) is 16.1 Å². The number of carbonyl (C=O) groups is 2. The molecule has 0 bridgehead atoms. The van der Waals surface area contributed by atoms with Crippen LogP contribution in [0.1, 0.15) is 22.6 Å². The number of hydrogen-bond donors (Lipinski definition) is 2. The van der Waals surface area contributed by atoms with E-state index < -0.39 is 0 Å². The molecular formula is C22H24FN5O3S. The van der Waals surface area contributed by atoms with Gasteiger partial charge in [-0.3, -0.25) is 14.6 Å². The van der Waals surface area contributed by atoms with Crippen molar-refractivity contribution in [3.8, 4) is 0 Å². The van der Waals surface area contributed by atoms with Crippen LogP contribution >= 0.6 is 11.3 Å². The number of methoxy groups -OCH3 is 1. The van der Waals surface area contributed by atoms with Crippen molar-refractivity contribution in [1.29, 1.82) is 0 Å². The lowest BCUT2D eigenvalue weighted by atomic mass is 10.3. The van der Waals surface area contributed by atoms with Crippen LogP contribution in [0.3, 0.4) is 0 Å². The molecule has 0 fully saturated rings. The van der Waals surface area contributed by atoms with Crippen LogP contribution in [-0.4, -0.2) is 53.5 Å². The van der Waals surface area contributed by atoms with Gasteiger partial charge < -0.3 is 20.3 Å². The van der Waals surface area contributed by atoms with Crippen LogP contribution < -0.4 is 10.6 Å². The van der Waals surface area contributed by atoms with Gasteiger partial charge in [-0.25, -0.2) is 9.37 Å². The number of ether oxygens (including phenoxy) is 1. The first-order valence-corrected chi connectivity index (χ1v) is 10.9. The van der Waals surface area contributed by atoms with Crippen molar-refractivity contribution < 1.29 is 18.7 Å². The summed E-state index contributed by atoms with van der Waals surface area (Å²) in [5, 5.41) is 8.01. The molecule has 0 unspecified atom stereocenters. The van der Waals surface area contributed by atoms with Crippen molar-refractivity contribution in [2.75, 3.05) is 32.1 Å². The number of pyridine rings is 1. The summed E-state index contributed by atoms with van der Waals surface area (Å²) in [6.07, 6.45) is 1.81. The van der Waals surface area contributed by atoms with Crippen LogP contribution in [0.4, 0.5) is 15.2 Å². The number of nitrogens with zero attached hydrogens (tertiary/aromatic N) is 3. The van der Waals surface area contributed by atoms with Crippen LogP contribution in [0.25, 0.3) is 0 Å². The minimum atomic E-state index is -0.330. The van der Waals surface area contributed by atoms with E-state index in [1.165, 1.54) is 23.5 Å². The number of hydrogen-bond acceptors (Lipinski definition) is 7. The molecule has 2 N–H and O–H groups in total. The molecule has 0 atom stereocenters. The predicted octanol–water partition coefficient (Wildman–Crippen LogP) is 3.22. The average molecular weight is 458 g/mol. The highest BCUT2D eigenvalue weighted by atomic mass is 32.1. The van der Waals surface area contributed by atoms with Gasteiger partial charge in [-0.2, -0.15) is 0 Å². The largest absolute Gasteiger partial charge is 0.383 e. The molecule has 2 heterocycles. The Labute approximate surface area is 189 Å². The summed E-state index contributed by atoms with van der Waals surface area (Å²) in [6, 6.07) is 11.4. The topological polar surface area (TPSA) is 96.5 Å². The SMILES string of the molecule is COCCN(CCC(=O)NCc1ccccn1)C(=O)c1csc(Nc2ccc(F)cc2)n1. The second-order valence-corrected chi connectivity index (χ2v) is 7.66. The summed E-state index contributed by atoms with van der Waals surface area (Å²) in [6.45, 7) is 1.23. The monoisotopic (exact) mass is 457 g/mol. The molecule has 168 valence electrons. The maximum Gasteiger partial charge on any atom is 0.273 e. The summed E-state index contributed by atoms with van der Waals surface area (Å²) in [4.78, 5) is 35.2. The zero-order valence-electron chi connectivity index (χ0n) is 17.6. The molecule has 0 saturated carbocycles. The average Bonchev–Trinajstić information content (AvgIpc) is 3.28. The van der Waals surface area contributed by atoms with Gasteiger partial charge in [0.05, 0.1) is 18.8 Å². The van der Waals surface area contributed by atoms with Gasteiger partial charge in [-0.15, -0.1) is 11.3 Å². The van der Waals surface area contributed by atoms with Gasteiger partial charge in [0.25, 0.3) is 5.91 Å². The summed E-state index contributed by atoms with van der Waals surface area (Å²) in [5.74, 6) is -0.797. The number of rotatable bonds is 11. The van der Waals surface area contributed by atoms with E-state index in [1.54, 1.807) is 35.7 Å². The lowest BCUT2D eigenvalue weighted by molar-refractivity contribution is -0.121.